The van der Waals surface area contributed by atoms with E-state index in [1.54, 1.807) is 20.8 Å². The van der Waals surface area contributed by atoms with Crippen molar-refractivity contribution >= 4 is 16.0 Å². The summed E-state index contributed by atoms with van der Waals surface area (Å²) in [5.41, 5.74) is -0.719. The third-order valence-corrected chi connectivity index (χ3v) is 2.32. The Labute approximate surface area is 96.0 Å². The predicted molar refractivity (Wildman–Crippen MR) is 59.3 cm³/mol. The number of esters is 1. The van der Waals surface area contributed by atoms with Crippen LogP contribution < -0.4 is 4.72 Å². The summed E-state index contributed by atoms with van der Waals surface area (Å²) in [6, 6.07) is -0.926. The molecule has 16 heavy (non-hydrogen) atoms. The normalized spacial score (nSPS) is 16.6. The van der Waals surface area contributed by atoms with Crippen LogP contribution in [0.15, 0.2) is 0 Å². The van der Waals surface area contributed by atoms with Crippen molar-refractivity contribution in [2.45, 2.75) is 45.4 Å². The number of ether oxygens (including phenoxy) is 1. The molecule has 0 bridgehead atoms. The molecule has 0 saturated carbocycles. The van der Waals surface area contributed by atoms with Crippen LogP contribution in [0.5, 0.6) is 0 Å². The molecule has 6 nitrogen and oxygen atoms in total. The number of nitrogens with one attached hydrogen (secondary N) is 1. The van der Waals surface area contributed by atoms with Crippen molar-refractivity contribution in [3.05, 3.63) is 0 Å². The molecule has 0 aromatic rings. The van der Waals surface area contributed by atoms with Crippen LogP contribution in [0.1, 0.15) is 27.7 Å². The fourth-order valence-electron chi connectivity index (χ4n) is 0.968. The third kappa shape index (κ3) is 6.76. The molecule has 0 saturated heterocycles. The quantitative estimate of drug-likeness (QED) is 0.667. The summed E-state index contributed by atoms with van der Waals surface area (Å²) in [6.45, 7) is 6.36. The van der Waals surface area contributed by atoms with E-state index >= 15 is 0 Å². The van der Waals surface area contributed by atoms with Crippen LogP contribution in [0.25, 0.3) is 0 Å². The summed E-state index contributed by atoms with van der Waals surface area (Å²) < 4.78 is 28.8. The number of aliphatic hydroxyl groups excluding tert-OH is 1. The van der Waals surface area contributed by atoms with Gasteiger partial charge in [-0.15, -0.1) is 0 Å². The van der Waals surface area contributed by atoms with Crippen molar-refractivity contribution in [3.8, 4) is 0 Å². The van der Waals surface area contributed by atoms with Crippen LogP contribution in [0.2, 0.25) is 0 Å². The third-order valence-electron chi connectivity index (χ3n) is 1.52. The summed E-state index contributed by atoms with van der Waals surface area (Å²) in [4.78, 5) is 11.4. The molecular formula is C9H19NO5S. The highest BCUT2D eigenvalue weighted by Crippen LogP contribution is 2.09. The van der Waals surface area contributed by atoms with Crippen LogP contribution >= 0.6 is 0 Å². The largest absolute Gasteiger partial charge is 0.458 e. The van der Waals surface area contributed by atoms with Crippen molar-refractivity contribution < 1.29 is 23.1 Å². The van der Waals surface area contributed by atoms with Crippen LogP contribution in [0.3, 0.4) is 0 Å². The van der Waals surface area contributed by atoms with Gasteiger partial charge < -0.3 is 9.84 Å². The first-order valence-electron chi connectivity index (χ1n) is 4.80. The Morgan fingerprint density at radius 2 is 1.81 bits per heavy atom. The minimum absolute atomic E-state index is 0.719. The number of hydrogen-bond acceptors (Lipinski definition) is 5. The molecule has 7 heteroatoms. The number of sulfonamides is 1. The monoisotopic (exact) mass is 253 g/mol. The molecule has 0 fully saturated rings. The van der Waals surface area contributed by atoms with E-state index in [0.717, 1.165) is 6.26 Å². The summed E-state index contributed by atoms with van der Waals surface area (Å²) in [5.74, 6) is -0.851. The smallest absolute Gasteiger partial charge is 0.337 e. The minimum Gasteiger partial charge on any atom is -0.458 e. The highest BCUT2D eigenvalue weighted by Gasteiger charge is 2.29. The molecule has 0 rings (SSSR count). The van der Waals surface area contributed by atoms with E-state index in [1.165, 1.54) is 6.92 Å². The second kappa shape index (κ2) is 5.11. The Morgan fingerprint density at radius 3 is 2.12 bits per heavy atom. The van der Waals surface area contributed by atoms with Gasteiger partial charge in [0.05, 0.1) is 12.3 Å². The van der Waals surface area contributed by atoms with Gasteiger partial charge in [0.2, 0.25) is 10.0 Å². The Morgan fingerprint density at radius 1 is 1.38 bits per heavy atom. The Balaban J connectivity index is 4.45. The molecule has 0 aromatic heterocycles. The van der Waals surface area contributed by atoms with E-state index in [9.17, 15) is 18.3 Å². The van der Waals surface area contributed by atoms with Gasteiger partial charge >= 0.3 is 5.97 Å². The van der Waals surface area contributed by atoms with Gasteiger partial charge in [-0.25, -0.2) is 17.9 Å². The van der Waals surface area contributed by atoms with Crippen molar-refractivity contribution in [2.75, 3.05) is 6.26 Å². The molecule has 0 aromatic carbocycles. The topological polar surface area (TPSA) is 92.7 Å². The molecule has 96 valence electrons. The number of hydrogen-bond donors (Lipinski definition) is 2. The molecule has 0 amide bonds. The van der Waals surface area contributed by atoms with Crippen LogP contribution in [0.4, 0.5) is 0 Å². The summed E-state index contributed by atoms with van der Waals surface area (Å²) in [7, 11) is -3.46. The van der Waals surface area contributed by atoms with Crippen LogP contribution in [-0.2, 0) is 19.6 Å². The fourth-order valence-corrected chi connectivity index (χ4v) is 1.77. The maximum absolute atomic E-state index is 11.4. The Hall–Kier alpha value is -0.660. The standard InChI is InChI=1S/C9H19NO5S/c1-6(10-16(5,13)14)7(11)8(12)15-9(2,3)4/h6-7,10-11H,1-5H3/t6-,7+/m0/s1. The SMILES string of the molecule is C[C@H](NS(C)(=O)=O)[C@@H](O)C(=O)OC(C)(C)C. The van der Waals surface area contributed by atoms with Crippen molar-refractivity contribution in [1.82, 2.24) is 4.72 Å². The molecule has 0 spiro atoms. The van der Waals surface area contributed by atoms with Crippen molar-refractivity contribution in [3.63, 3.8) is 0 Å². The van der Waals surface area contributed by atoms with Crippen molar-refractivity contribution in [2.24, 2.45) is 0 Å². The molecule has 0 unspecified atom stereocenters. The zero-order valence-electron chi connectivity index (χ0n) is 10.1. The first kappa shape index (κ1) is 15.3. The minimum atomic E-state index is -3.46. The van der Waals surface area contributed by atoms with E-state index < -0.39 is 33.7 Å². The van der Waals surface area contributed by atoms with Gasteiger partial charge in [-0.1, -0.05) is 0 Å². The van der Waals surface area contributed by atoms with Gasteiger partial charge in [-0.05, 0) is 27.7 Å². The molecule has 2 atom stereocenters. The first-order chi connectivity index (χ1) is 6.92. The number of carbonyl (C=O) groups excluding carboxylic acids is 1. The lowest BCUT2D eigenvalue weighted by atomic mass is 10.1. The van der Waals surface area contributed by atoms with Gasteiger partial charge in [0.25, 0.3) is 0 Å². The predicted octanol–water partition coefficient (Wildman–Crippen LogP) is -0.373. The van der Waals surface area contributed by atoms with Gasteiger partial charge in [0, 0.05) is 0 Å². The van der Waals surface area contributed by atoms with Gasteiger partial charge in [0.15, 0.2) is 6.10 Å². The Bertz CT molecular complexity index is 343. The first-order valence-corrected chi connectivity index (χ1v) is 6.70. The lowest BCUT2D eigenvalue weighted by molar-refractivity contribution is -0.166. The zero-order chi connectivity index (χ0) is 13.1. The molecule has 2 N–H and O–H groups in total. The molecule has 0 heterocycles. The lowest BCUT2D eigenvalue weighted by Crippen LogP contribution is -2.46. The van der Waals surface area contributed by atoms with Gasteiger partial charge in [-0.2, -0.15) is 0 Å². The maximum Gasteiger partial charge on any atom is 0.337 e. The second-order valence-corrected chi connectivity index (χ2v) is 6.44. The summed E-state index contributed by atoms with van der Waals surface area (Å²) in [5, 5.41) is 9.51. The molecule has 0 aliphatic rings. The van der Waals surface area contributed by atoms with Gasteiger partial charge in [0.1, 0.15) is 5.60 Å². The number of carbonyl (C=O) groups is 1. The second-order valence-electron chi connectivity index (χ2n) is 4.66. The average Bonchev–Trinajstić information content (AvgIpc) is 1.96. The van der Waals surface area contributed by atoms with Crippen LogP contribution in [-0.4, -0.2) is 43.5 Å². The summed E-state index contributed by atoms with van der Waals surface area (Å²) in [6.07, 6.45) is -0.570. The molecule has 0 radical (unpaired) electrons. The maximum atomic E-state index is 11.4. The van der Waals surface area contributed by atoms with E-state index in [2.05, 4.69) is 4.72 Å². The fraction of sp³-hybridized carbons (Fsp3) is 0.889. The van der Waals surface area contributed by atoms with E-state index in [4.69, 9.17) is 4.74 Å². The Kier molecular flexibility index (Phi) is 4.90. The zero-order valence-corrected chi connectivity index (χ0v) is 11.0. The van der Waals surface area contributed by atoms with E-state index in [1.807, 2.05) is 0 Å². The van der Waals surface area contributed by atoms with Crippen molar-refractivity contribution in [1.29, 1.82) is 0 Å². The van der Waals surface area contributed by atoms with Gasteiger partial charge in [-0.3, -0.25) is 0 Å². The average molecular weight is 253 g/mol. The number of rotatable bonds is 4. The summed E-state index contributed by atoms with van der Waals surface area (Å²) >= 11 is 0. The van der Waals surface area contributed by atoms with E-state index in [-0.39, 0.29) is 0 Å². The van der Waals surface area contributed by atoms with E-state index in [0.29, 0.717) is 0 Å². The highest BCUT2D eigenvalue weighted by atomic mass is 32.2. The number of aliphatic hydroxyl groups is 1. The van der Waals surface area contributed by atoms with Crippen LogP contribution in [0, 0.1) is 0 Å². The molecular weight excluding hydrogens is 234 g/mol. The lowest BCUT2D eigenvalue weighted by Gasteiger charge is -2.24. The molecule has 0 aliphatic heterocycles. The highest BCUT2D eigenvalue weighted by molar-refractivity contribution is 7.88. The molecule has 0 aliphatic carbocycles.